The Bertz CT molecular complexity index is 537. The van der Waals surface area contributed by atoms with Crippen molar-refractivity contribution in [3.8, 4) is 0 Å². The number of benzene rings is 1. The summed E-state index contributed by atoms with van der Waals surface area (Å²) >= 11 is 0. The molecule has 1 fully saturated rings. The summed E-state index contributed by atoms with van der Waals surface area (Å²) in [6.45, 7) is 0.328. The first-order valence-corrected chi connectivity index (χ1v) is 7.98. The van der Waals surface area contributed by atoms with Gasteiger partial charge in [0.05, 0.1) is 5.56 Å². The van der Waals surface area contributed by atoms with E-state index in [0.29, 0.717) is 6.54 Å². The Balaban J connectivity index is 1.97. The molecule has 6 heteroatoms. The van der Waals surface area contributed by atoms with E-state index < -0.39 is 11.7 Å². The molecule has 0 saturated heterocycles. The average Bonchev–Trinajstić information content (AvgIpc) is 2.53. The average molecular weight is 328 g/mol. The van der Waals surface area contributed by atoms with Gasteiger partial charge in [-0.2, -0.15) is 13.2 Å². The maximum atomic E-state index is 12.9. The molecule has 23 heavy (non-hydrogen) atoms. The van der Waals surface area contributed by atoms with Gasteiger partial charge in [0.2, 0.25) is 5.91 Å². The van der Waals surface area contributed by atoms with Gasteiger partial charge in [0.1, 0.15) is 0 Å². The Morgan fingerprint density at radius 1 is 1.17 bits per heavy atom. The van der Waals surface area contributed by atoms with Crippen molar-refractivity contribution in [2.45, 2.75) is 51.2 Å². The van der Waals surface area contributed by atoms with Gasteiger partial charge in [0, 0.05) is 13.0 Å². The predicted octanol–water partition coefficient (Wildman–Crippen LogP) is 3.62. The molecule has 128 valence electrons. The fraction of sp³-hybridized carbons (Fsp3) is 0.588. The summed E-state index contributed by atoms with van der Waals surface area (Å²) in [5, 5.41) is 2.62. The molecule has 1 amide bonds. The molecule has 3 N–H and O–H groups in total. The molecule has 0 radical (unpaired) electrons. The van der Waals surface area contributed by atoms with E-state index in [-0.39, 0.29) is 29.9 Å². The number of alkyl halides is 3. The zero-order chi connectivity index (χ0) is 16.9. The van der Waals surface area contributed by atoms with Crippen molar-refractivity contribution in [3.63, 3.8) is 0 Å². The molecule has 0 unspecified atom stereocenters. The molecule has 1 aromatic rings. The highest BCUT2D eigenvalue weighted by Gasteiger charge is 2.34. The Kier molecular flexibility index (Phi) is 5.68. The summed E-state index contributed by atoms with van der Waals surface area (Å²) in [7, 11) is 0. The number of amides is 1. The predicted molar refractivity (Wildman–Crippen MR) is 82.5 cm³/mol. The van der Waals surface area contributed by atoms with Crippen LogP contribution in [0.15, 0.2) is 24.3 Å². The lowest BCUT2D eigenvalue weighted by Crippen LogP contribution is -2.38. The van der Waals surface area contributed by atoms with Gasteiger partial charge in [-0.1, -0.05) is 37.5 Å². The van der Waals surface area contributed by atoms with Crippen LogP contribution < -0.4 is 11.1 Å². The Labute approximate surface area is 134 Å². The second-order valence-corrected chi connectivity index (χ2v) is 6.37. The van der Waals surface area contributed by atoms with E-state index in [4.69, 9.17) is 5.73 Å². The normalized spacial score (nSPS) is 17.7. The number of hydrogen-bond acceptors (Lipinski definition) is 2. The summed E-state index contributed by atoms with van der Waals surface area (Å²) < 4.78 is 38.8. The summed E-state index contributed by atoms with van der Waals surface area (Å²) in [6, 6.07) is 5.31. The van der Waals surface area contributed by atoms with E-state index in [1.807, 2.05) is 0 Å². The summed E-state index contributed by atoms with van der Waals surface area (Å²) in [5.74, 6) is -0.227. The first-order valence-electron chi connectivity index (χ1n) is 7.98. The lowest BCUT2D eigenvalue weighted by molar-refractivity contribution is -0.138. The molecule has 1 saturated carbocycles. The molecule has 0 aliphatic heterocycles. The number of nitrogens with two attached hydrogens (primary N) is 1. The van der Waals surface area contributed by atoms with Crippen molar-refractivity contribution in [1.82, 2.24) is 5.32 Å². The first kappa shape index (κ1) is 17.8. The van der Waals surface area contributed by atoms with Crippen LogP contribution in [0.3, 0.4) is 0 Å². The van der Waals surface area contributed by atoms with Crippen molar-refractivity contribution in [2.24, 2.45) is 11.1 Å². The third-order valence-electron chi connectivity index (χ3n) is 4.68. The van der Waals surface area contributed by atoms with E-state index >= 15 is 0 Å². The lowest BCUT2D eigenvalue weighted by Gasteiger charge is -2.35. The summed E-state index contributed by atoms with van der Waals surface area (Å²) in [4.78, 5) is 12.2. The molecule has 0 aromatic heterocycles. The Hall–Kier alpha value is -1.56. The fourth-order valence-corrected chi connectivity index (χ4v) is 3.30. The van der Waals surface area contributed by atoms with Gasteiger partial charge in [-0.25, -0.2) is 0 Å². The van der Waals surface area contributed by atoms with Crippen LogP contribution in [0.1, 0.15) is 49.7 Å². The SMILES string of the molecule is NCC1(CC(=O)NCc2ccccc2C(F)(F)F)CCCCC1. The second-order valence-electron chi connectivity index (χ2n) is 6.37. The molecule has 1 aliphatic rings. The van der Waals surface area contributed by atoms with Gasteiger partial charge in [-0.15, -0.1) is 0 Å². The highest BCUT2D eigenvalue weighted by molar-refractivity contribution is 5.76. The number of halogens is 3. The van der Waals surface area contributed by atoms with Crippen molar-refractivity contribution in [1.29, 1.82) is 0 Å². The van der Waals surface area contributed by atoms with Gasteiger partial charge in [0.15, 0.2) is 0 Å². The van der Waals surface area contributed by atoms with Crippen LogP contribution in [0.2, 0.25) is 0 Å². The molecular formula is C17H23F3N2O. The van der Waals surface area contributed by atoms with Crippen LogP contribution >= 0.6 is 0 Å². The van der Waals surface area contributed by atoms with Gasteiger partial charge in [-0.3, -0.25) is 4.79 Å². The molecule has 0 spiro atoms. The van der Waals surface area contributed by atoms with Crippen LogP contribution in [0.4, 0.5) is 13.2 Å². The number of nitrogens with one attached hydrogen (secondary N) is 1. The van der Waals surface area contributed by atoms with Crippen LogP contribution in [-0.2, 0) is 17.5 Å². The molecule has 1 aromatic carbocycles. The van der Waals surface area contributed by atoms with Gasteiger partial charge >= 0.3 is 6.18 Å². The van der Waals surface area contributed by atoms with E-state index in [1.165, 1.54) is 12.1 Å². The minimum Gasteiger partial charge on any atom is -0.352 e. The molecule has 2 rings (SSSR count). The Morgan fingerprint density at radius 3 is 2.43 bits per heavy atom. The van der Waals surface area contributed by atoms with E-state index in [0.717, 1.165) is 38.2 Å². The number of carbonyl (C=O) groups excluding carboxylic acids is 1. The summed E-state index contributed by atoms with van der Waals surface area (Å²) in [5.41, 5.74) is 5.04. The van der Waals surface area contributed by atoms with Crippen molar-refractivity contribution >= 4 is 5.91 Å². The molecule has 3 nitrogen and oxygen atoms in total. The molecule has 1 aliphatic carbocycles. The van der Waals surface area contributed by atoms with Crippen LogP contribution in [0.25, 0.3) is 0 Å². The monoisotopic (exact) mass is 328 g/mol. The van der Waals surface area contributed by atoms with Gasteiger partial charge in [0.25, 0.3) is 0 Å². The Morgan fingerprint density at radius 2 is 1.83 bits per heavy atom. The summed E-state index contributed by atoms with van der Waals surface area (Å²) in [6.07, 6.45) is 0.970. The minimum atomic E-state index is -4.41. The highest BCUT2D eigenvalue weighted by atomic mass is 19.4. The third-order valence-corrected chi connectivity index (χ3v) is 4.68. The van der Waals surface area contributed by atoms with Gasteiger partial charge in [-0.05, 0) is 36.4 Å². The van der Waals surface area contributed by atoms with Crippen LogP contribution in [-0.4, -0.2) is 12.5 Å². The van der Waals surface area contributed by atoms with E-state index in [2.05, 4.69) is 5.32 Å². The quantitative estimate of drug-likeness (QED) is 0.867. The highest BCUT2D eigenvalue weighted by Crippen LogP contribution is 2.38. The van der Waals surface area contributed by atoms with Crippen molar-refractivity contribution in [3.05, 3.63) is 35.4 Å². The van der Waals surface area contributed by atoms with Gasteiger partial charge < -0.3 is 11.1 Å². The van der Waals surface area contributed by atoms with Crippen molar-refractivity contribution < 1.29 is 18.0 Å². The maximum absolute atomic E-state index is 12.9. The lowest BCUT2D eigenvalue weighted by atomic mass is 9.71. The minimum absolute atomic E-state index is 0.0822. The molecular weight excluding hydrogens is 305 g/mol. The first-order chi connectivity index (χ1) is 10.9. The molecule has 0 atom stereocenters. The smallest absolute Gasteiger partial charge is 0.352 e. The second kappa shape index (κ2) is 7.34. The zero-order valence-corrected chi connectivity index (χ0v) is 13.1. The number of hydrogen-bond donors (Lipinski definition) is 2. The standard InChI is InChI=1S/C17H23F3N2O/c18-17(19,20)14-7-3-2-6-13(14)11-22-15(23)10-16(12-21)8-4-1-5-9-16/h2-3,6-7H,1,4-5,8-12,21H2,(H,22,23). The van der Waals surface area contributed by atoms with Crippen LogP contribution in [0, 0.1) is 5.41 Å². The number of rotatable bonds is 5. The van der Waals surface area contributed by atoms with E-state index in [9.17, 15) is 18.0 Å². The van der Waals surface area contributed by atoms with E-state index in [1.54, 1.807) is 6.07 Å². The zero-order valence-electron chi connectivity index (χ0n) is 13.1. The largest absolute Gasteiger partial charge is 0.416 e. The maximum Gasteiger partial charge on any atom is 0.416 e. The third kappa shape index (κ3) is 4.70. The molecule has 0 bridgehead atoms. The molecule has 0 heterocycles. The van der Waals surface area contributed by atoms with Crippen LogP contribution in [0.5, 0.6) is 0 Å². The fourth-order valence-electron chi connectivity index (χ4n) is 3.30. The van der Waals surface area contributed by atoms with Crippen molar-refractivity contribution in [2.75, 3.05) is 6.54 Å². The number of carbonyl (C=O) groups is 1. The topological polar surface area (TPSA) is 55.1 Å².